The van der Waals surface area contributed by atoms with E-state index in [4.69, 9.17) is 0 Å². The smallest absolute Gasteiger partial charge is 0.133 e. The van der Waals surface area contributed by atoms with Gasteiger partial charge in [-0.3, -0.25) is 9.69 Å². The van der Waals surface area contributed by atoms with E-state index in [0.29, 0.717) is 11.8 Å². The number of aromatic nitrogens is 1. The molecule has 15 heavy (non-hydrogen) atoms. The summed E-state index contributed by atoms with van der Waals surface area (Å²) in [6.07, 6.45) is 3.54. The number of Topliss-reactive ketones (excluding diaryl/α,β-unsaturated/α-hetero) is 1. The topological polar surface area (TPSA) is 33.2 Å². The largest absolute Gasteiger partial charge is 0.300 e. The predicted octanol–water partition coefficient (Wildman–Crippen LogP) is 2.09. The summed E-state index contributed by atoms with van der Waals surface area (Å²) in [7, 11) is 2.12. The molecule has 0 spiro atoms. The van der Waals surface area contributed by atoms with Crippen LogP contribution in [0, 0.1) is 0 Å². The molecule has 0 atom stereocenters. The molecule has 1 aliphatic rings. The maximum Gasteiger partial charge on any atom is 0.133 e. The van der Waals surface area contributed by atoms with Crippen molar-refractivity contribution < 1.29 is 4.79 Å². The molecule has 0 unspecified atom stereocenters. The highest BCUT2D eigenvalue weighted by molar-refractivity contribution is 7.07. The first-order chi connectivity index (χ1) is 7.25. The second-order valence-corrected chi connectivity index (χ2v) is 4.88. The highest BCUT2D eigenvalue weighted by Crippen LogP contribution is 2.20. The number of rotatable bonds is 3. The Bertz CT molecular complexity index is 313. The molecule has 1 aromatic heterocycles. The molecular weight excluding hydrogens is 208 g/mol. The van der Waals surface area contributed by atoms with Crippen molar-refractivity contribution in [1.29, 1.82) is 0 Å². The molecule has 0 N–H and O–H groups in total. The second kappa shape index (κ2) is 4.86. The van der Waals surface area contributed by atoms with E-state index < -0.39 is 0 Å². The van der Waals surface area contributed by atoms with E-state index >= 15 is 0 Å². The summed E-state index contributed by atoms with van der Waals surface area (Å²) >= 11 is 1.64. The van der Waals surface area contributed by atoms with Crippen LogP contribution < -0.4 is 0 Å². The first-order valence-electron chi connectivity index (χ1n) is 5.34. The van der Waals surface area contributed by atoms with Crippen LogP contribution in [0.3, 0.4) is 0 Å². The molecule has 4 heteroatoms. The third-order valence-corrected chi connectivity index (χ3v) is 3.67. The lowest BCUT2D eigenvalue weighted by Gasteiger charge is -2.30. The zero-order valence-corrected chi connectivity index (χ0v) is 9.80. The Labute approximate surface area is 94.1 Å². The Hall–Kier alpha value is -0.740. The van der Waals surface area contributed by atoms with Crippen molar-refractivity contribution in [3.8, 4) is 0 Å². The van der Waals surface area contributed by atoms with Gasteiger partial charge in [0.1, 0.15) is 5.78 Å². The van der Waals surface area contributed by atoms with Crippen molar-refractivity contribution in [2.75, 3.05) is 7.05 Å². The lowest BCUT2D eigenvalue weighted by atomic mass is 9.93. The monoisotopic (exact) mass is 224 g/mol. The van der Waals surface area contributed by atoms with Gasteiger partial charge in [0.2, 0.25) is 0 Å². The van der Waals surface area contributed by atoms with E-state index in [0.717, 1.165) is 37.9 Å². The van der Waals surface area contributed by atoms with Gasteiger partial charge in [0.05, 0.1) is 11.2 Å². The van der Waals surface area contributed by atoms with Crippen molar-refractivity contribution in [3.05, 3.63) is 16.6 Å². The fourth-order valence-electron chi connectivity index (χ4n) is 2.07. The third kappa shape index (κ3) is 2.86. The molecule has 0 aromatic carbocycles. The van der Waals surface area contributed by atoms with Crippen molar-refractivity contribution >= 4 is 17.1 Å². The molecule has 0 saturated heterocycles. The van der Waals surface area contributed by atoms with Crippen LogP contribution in [0.2, 0.25) is 0 Å². The van der Waals surface area contributed by atoms with Crippen LogP contribution in [0.25, 0.3) is 0 Å². The third-order valence-electron chi connectivity index (χ3n) is 3.03. The van der Waals surface area contributed by atoms with E-state index in [9.17, 15) is 4.79 Å². The Kier molecular flexibility index (Phi) is 3.49. The van der Waals surface area contributed by atoms with Gasteiger partial charge in [-0.25, -0.2) is 4.98 Å². The molecular formula is C11H16N2OS. The highest BCUT2D eigenvalue weighted by Gasteiger charge is 2.22. The van der Waals surface area contributed by atoms with Gasteiger partial charge in [0.15, 0.2) is 0 Å². The SMILES string of the molecule is CN(Cc1cscn1)C1CCC(=O)CC1. The van der Waals surface area contributed by atoms with Crippen LogP contribution in [0.5, 0.6) is 0 Å². The van der Waals surface area contributed by atoms with Crippen molar-refractivity contribution in [2.24, 2.45) is 0 Å². The second-order valence-electron chi connectivity index (χ2n) is 4.16. The zero-order valence-electron chi connectivity index (χ0n) is 8.98. The van der Waals surface area contributed by atoms with Gasteiger partial charge in [0.25, 0.3) is 0 Å². The average molecular weight is 224 g/mol. The van der Waals surface area contributed by atoms with Gasteiger partial charge in [-0.05, 0) is 19.9 Å². The summed E-state index contributed by atoms with van der Waals surface area (Å²) in [5.41, 5.74) is 3.01. The normalized spacial score (nSPS) is 18.7. The molecule has 1 heterocycles. The van der Waals surface area contributed by atoms with E-state index in [-0.39, 0.29) is 0 Å². The highest BCUT2D eigenvalue weighted by atomic mass is 32.1. The summed E-state index contributed by atoms with van der Waals surface area (Å²) < 4.78 is 0. The van der Waals surface area contributed by atoms with Crippen LogP contribution in [0.1, 0.15) is 31.4 Å². The maximum atomic E-state index is 11.1. The minimum Gasteiger partial charge on any atom is -0.300 e. The van der Waals surface area contributed by atoms with Crippen LogP contribution in [-0.4, -0.2) is 28.8 Å². The van der Waals surface area contributed by atoms with Crippen LogP contribution in [0.4, 0.5) is 0 Å². The number of hydrogen-bond donors (Lipinski definition) is 0. The summed E-state index contributed by atoms with van der Waals surface area (Å²) in [5, 5.41) is 2.09. The number of ketones is 1. The maximum absolute atomic E-state index is 11.1. The van der Waals surface area contributed by atoms with Crippen LogP contribution >= 0.6 is 11.3 Å². The molecule has 2 rings (SSSR count). The molecule has 82 valence electrons. The number of nitrogens with zero attached hydrogens (tertiary/aromatic N) is 2. The lowest BCUT2D eigenvalue weighted by molar-refractivity contribution is -0.121. The van der Waals surface area contributed by atoms with Crippen LogP contribution in [-0.2, 0) is 11.3 Å². The van der Waals surface area contributed by atoms with Gasteiger partial charge in [-0.1, -0.05) is 0 Å². The standard InChI is InChI=1S/C11H16N2OS/c1-13(6-9-7-15-8-12-9)10-2-4-11(14)5-3-10/h7-8,10H,2-6H2,1H3. The summed E-state index contributed by atoms with van der Waals surface area (Å²) in [6, 6.07) is 0.560. The van der Waals surface area contributed by atoms with Crippen molar-refractivity contribution in [2.45, 2.75) is 38.3 Å². The number of thiazole rings is 1. The van der Waals surface area contributed by atoms with Gasteiger partial charge in [-0.15, -0.1) is 11.3 Å². The summed E-state index contributed by atoms with van der Waals surface area (Å²) in [5.74, 6) is 0.424. The molecule has 0 amide bonds. The minimum absolute atomic E-state index is 0.424. The molecule has 0 bridgehead atoms. The molecule has 1 fully saturated rings. The predicted molar refractivity (Wildman–Crippen MR) is 60.8 cm³/mol. The van der Waals surface area contributed by atoms with Crippen LogP contribution in [0.15, 0.2) is 10.9 Å². The summed E-state index contributed by atoms with van der Waals surface area (Å²) in [4.78, 5) is 17.7. The molecule has 3 nitrogen and oxygen atoms in total. The first-order valence-corrected chi connectivity index (χ1v) is 6.29. The lowest BCUT2D eigenvalue weighted by Crippen LogP contribution is -2.34. The average Bonchev–Trinajstić information content (AvgIpc) is 2.71. The Morgan fingerprint density at radius 3 is 2.87 bits per heavy atom. The van der Waals surface area contributed by atoms with Gasteiger partial charge in [0, 0.05) is 30.8 Å². The number of carbonyl (C=O) groups is 1. The van der Waals surface area contributed by atoms with Gasteiger partial charge >= 0.3 is 0 Å². The Morgan fingerprint density at radius 1 is 1.53 bits per heavy atom. The summed E-state index contributed by atoms with van der Waals surface area (Å²) in [6.45, 7) is 0.905. The quantitative estimate of drug-likeness (QED) is 0.788. The fourth-order valence-corrected chi connectivity index (χ4v) is 2.62. The van der Waals surface area contributed by atoms with Gasteiger partial charge in [-0.2, -0.15) is 0 Å². The van der Waals surface area contributed by atoms with E-state index in [1.54, 1.807) is 11.3 Å². The zero-order chi connectivity index (χ0) is 10.7. The molecule has 1 aliphatic carbocycles. The minimum atomic E-state index is 0.424. The number of hydrogen-bond acceptors (Lipinski definition) is 4. The number of carbonyl (C=O) groups excluding carboxylic acids is 1. The van der Waals surface area contributed by atoms with E-state index in [1.807, 2.05) is 5.51 Å². The molecule has 0 radical (unpaired) electrons. The molecule has 0 aliphatic heterocycles. The van der Waals surface area contributed by atoms with Gasteiger partial charge < -0.3 is 0 Å². The van der Waals surface area contributed by atoms with Crippen molar-refractivity contribution in [3.63, 3.8) is 0 Å². The fraction of sp³-hybridized carbons (Fsp3) is 0.636. The Morgan fingerprint density at radius 2 is 2.27 bits per heavy atom. The molecule has 1 aromatic rings. The molecule has 1 saturated carbocycles. The van der Waals surface area contributed by atoms with E-state index in [1.165, 1.54) is 0 Å². The van der Waals surface area contributed by atoms with E-state index in [2.05, 4.69) is 22.3 Å². The first kappa shape index (κ1) is 10.8. The Balaban J connectivity index is 1.85. The van der Waals surface area contributed by atoms with Crippen molar-refractivity contribution in [1.82, 2.24) is 9.88 Å².